The van der Waals surface area contributed by atoms with Crippen LogP contribution in [0.5, 0.6) is 0 Å². The summed E-state index contributed by atoms with van der Waals surface area (Å²) < 4.78 is 2.97. The number of rotatable bonds is 2. The maximum atomic E-state index is 4.36. The van der Waals surface area contributed by atoms with Gasteiger partial charge in [-0.05, 0) is 75.0 Å². The Hall–Kier alpha value is -0.390. The highest BCUT2D eigenvalue weighted by molar-refractivity contribution is 9.11. The molecule has 0 unspecified atom stereocenters. The number of pyridine rings is 1. The average molecular weight is 435 g/mol. The lowest BCUT2D eigenvalue weighted by Crippen LogP contribution is -1.99. The molecule has 2 nitrogen and oxygen atoms in total. The third kappa shape index (κ3) is 3.13. The van der Waals surface area contributed by atoms with Gasteiger partial charge in [-0.3, -0.25) is 0 Å². The van der Waals surface area contributed by atoms with Gasteiger partial charge in [0.15, 0.2) is 0 Å². The van der Waals surface area contributed by atoms with Gasteiger partial charge in [0.25, 0.3) is 0 Å². The SMILES string of the molecule is Cc1cc(Br)cc(C)c1Nc1ncc(Br)cc1Br. The molecule has 0 aliphatic heterocycles. The van der Waals surface area contributed by atoms with Crippen LogP contribution in [0, 0.1) is 13.8 Å². The van der Waals surface area contributed by atoms with E-state index in [9.17, 15) is 0 Å². The van der Waals surface area contributed by atoms with Gasteiger partial charge in [-0.2, -0.15) is 0 Å². The van der Waals surface area contributed by atoms with E-state index in [4.69, 9.17) is 0 Å². The number of aryl methyl sites for hydroxylation is 2. The lowest BCUT2D eigenvalue weighted by atomic mass is 10.1. The van der Waals surface area contributed by atoms with Crippen LogP contribution in [0.4, 0.5) is 11.5 Å². The summed E-state index contributed by atoms with van der Waals surface area (Å²) in [4.78, 5) is 4.36. The highest BCUT2D eigenvalue weighted by Gasteiger charge is 2.08. The Labute approximate surface area is 132 Å². The fraction of sp³-hybridized carbons (Fsp3) is 0.154. The van der Waals surface area contributed by atoms with Crippen molar-refractivity contribution in [3.05, 3.63) is 48.9 Å². The van der Waals surface area contributed by atoms with Gasteiger partial charge in [-0.15, -0.1) is 0 Å². The number of nitrogens with one attached hydrogen (secondary N) is 1. The van der Waals surface area contributed by atoms with Gasteiger partial charge in [0.05, 0.1) is 4.47 Å². The molecule has 94 valence electrons. The van der Waals surface area contributed by atoms with Crippen molar-refractivity contribution in [3.63, 3.8) is 0 Å². The lowest BCUT2D eigenvalue weighted by molar-refractivity contribution is 1.25. The predicted molar refractivity (Wildman–Crippen MR) is 86.5 cm³/mol. The normalized spacial score (nSPS) is 10.5. The number of halogens is 3. The zero-order chi connectivity index (χ0) is 13.3. The molecule has 0 saturated carbocycles. The van der Waals surface area contributed by atoms with E-state index in [0.717, 1.165) is 24.9 Å². The number of nitrogens with zero attached hydrogens (tertiary/aromatic N) is 1. The first-order valence-electron chi connectivity index (χ1n) is 5.32. The van der Waals surface area contributed by atoms with Crippen molar-refractivity contribution < 1.29 is 0 Å². The Bertz CT molecular complexity index is 574. The van der Waals surface area contributed by atoms with E-state index in [1.807, 2.05) is 6.07 Å². The molecule has 0 fully saturated rings. The molecular formula is C13H11Br3N2. The summed E-state index contributed by atoms with van der Waals surface area (Å²) in [5, 5.41) is 3.36. The molecule has 1 heterocycles. The van der Waals surface area contributed by atoms with Gasteiger partial charge in [0, 0.05) is 20.8 Å². The summed E-state index contributed by atoms with van der Waals surface area (Å²) in [6, 6.07) is 6.14. The number of benzene rings is 1. The minimum absolute atomic E-state index is 0.812. The average Bonchev–Trinajstić information content (AvgIpc) is 2.25. The van der Waals surface area contributed by atoms with Crippen LogP contribution in [0.25, 0.3) is 0 Å². The van der Waals surface area contributed by atoms with Crippen LogP contribution in [0.2, 0.25) is 0 Å². The summed E-state index contributed by atoms with van der Waals surface area (Å²) in [5.74, 6) is 0.812. The molecule has 1 aromatic carbocycles. The Morgan fingerprint density at radius 1 is 0.944 bits per heavy atom. The second-order valence-electron chi connectivity index (χ2n) is 4.02. The highest BCUT2D eigenvalue weighted by atomic mass is 79.9. The fourth-order valence-electron chi connectivity index (χ4n) is 1.73. The molecule has 2 rings (SSSR count). The smallest absolute Gasteiger partial charge is 0.144 e. The minimum Gasteiger partial charge on any atom is -0.339 e. The molecule has 0 saturated heterocycles. The largest absolute Gasteiger partial charge is 0.339 e. The quantitative estimate of drug-likeness (QED) is 0.652. The second kappa shape index (κ2) is 5.72. The zero-order valence-corrected chi connectivity index (χ0v) is 14.6. The maximum Gasteiger partial charge on any atom is 0.144 e. The van der Waals surface area contributed by atoms with Crippen molar-refractivity contribution in [2.45, 2.75) is 13.8 Å². The van der Waals surface area contributed by atoms with E-state index in [2.05, 4.69) is 84.1 Å². The monoisotopic (exact) mass is 432 g/mol. The predicted octanol–water partition coefficient (Wildman–Crippen LogP) is 5.73. The molecule has 2 aromatic rings. The topological polar surface area (TPSA) is 24.9 Å². The molecular weight excluding hydrogens is 424 g/mol. The zero-order valence-electron chi connectivity index (χ0n) is 9.89. The summed E-state index contributed by atoms with van der Waals surface area (Å²) in [6.45, 7) is 4.15. The third-order valence-electron chi connectivity index (χ3n) is 2.55. The Morgan fingerprint density at radius 2 is 1.56 bits per heavy atom. The van der Waals surface area contributed by atoms with Crippen LogP contribution in [-0.4, -0.2) is 4.98 Å². The van der Waals surface area contributed by atoms with Crippen LogP contribution in [0.3, 0.4) is 0 Å². The van der Waals surface area contributed by atoms with Gasteiger partial charge in [0.1, 0.15) is 5.82 Å². The Kier molecular flexibility index (Phi) is 4.45. The summed E-state index contributed by atoms with van der Waals surface area (Å²) in [5.41, 5.74) is 3.45. The Balaban J connectivity index is 2.40. The minimum atomic E-state index is 0.812. The molecule has 1 N–H and O–H groups in total. The maximum absolute atomic E-state index is 4.36. The van der Waals surface area contributed by atoms with Crippen LogP contribution >= 0.6 is 47.8 Å². The van der Waals surface area contributed by atoms with Crippen LogP contribution in [-0.2, 0) is 0 Å². The summed E-state index contributed by atoms with van der Waals surface area (Å²) in [7, 11) is 0. The molecule has 0 aliphatic rings. The van der Waals surface area contributed by atoms with Crippen LogP contribution in [0.15, 0.2) is 37.8 Å². The fourth-order valence-corrected chi connectivity index (χ4v) is 3.51. The molecule has 5 heteroatoms. The third-order valence-corrected chi connectivity index (χ3v) is 4.04. The number of aromatic nitrogens is 1. The van der Waals surface area contributed by atoms with E-state index < -0.39 is 0 Å². The first-order chi connectivity index (χ1) is 8.47. The highest BCUT2D eigenvalue weighted by Crippen LogP contribution is 2.31. The van der Waals surface area contributed by atoms with Crippen LogP contribution in [0.1, 0.15) is 11.1 Å². The molecule has 0 bridgehead atoms. The van der Waals surface area contributed by atoms with Crippen LogP contribution < -0.4 is 5.32 Å². The van der Waals surface area contributed by atoms with Crippen molar-refractivity contribution in [2.75, 3.05) is 5.32 Å². The molecule has 0 aliphatic carbocycles. The molecule has 0 radical (unpaired) electrons. The van der Waals surface area contributed by atoms with Crippen molar-refractivity contribution in [1.29, 1.82) is 0 Å². The van der Waals surface area contributed by atoms with E-state index in [1.165, 1.54) is 11.1 Å². The van der Waals surface area contributed by atoms with Gasteiger partial charge in [-0.1, -0.05) is 15.9 Å². The van der Waals surface area contributed by atoms with Gasteiger partial charge in [-0.25, -0.2) is 4.98 Å². The first-order valence-corrected chi connectivity index (χ1v) is 7.70. The van der Waals surface area contributed by atoms with Crippen molar-refractivity contribution in [2.24, 2.45) is 0 Å². The number of anilines is 2. The van der Waals surface area contributed by atoms with E-state index in [-0.39, 0.29) is 0 Å². The lowest BCUT2D eigenvalue weighted by Gasteiger charge is -2.14. The molecule has 1 aromatic heterocycles. The van der Waals surface area contributed by atoms with E-state index >= 15 is 0 Å². The molecule has 0 atom stereocenters. The first kappa shape index (κ1) is 14.0. The van der Waals surface area contributed by atoms with E-state index in [1.54, 1.807) is 6.20 Å². The van der Waals surface area contributed by atoms with E-state index in [0.29, 0.717) is 0 Å². The molecule has 18 heavy (non-hydrogen) atoms. The van der Waals surface area contributed by atoms with Gasteiger partial charge < -0.3 is 5.32 Å². The van der Waals surface area contributed by atoms with Gasteiger partial charge in [0.2, 0.25) is 0 Å². The van der Waals surface area contributed by atoms with Crippen molar-refractivity contribution in [1.82, 2.24) is 4.98 Å². The molecule has 0 amide bonds. The van der Waals surface area contributed by atoms with Crippen molar-refractivity contribution in [3.8, 4) is 0 Å². The second-order valence-corrected chi connectivity index (χ2v) is 6.71. The molecule has 0 spiro atoms. The number of hydrogen-bond acceptors (Lipinski definition) is 2. The standard InChI is InChI=1S/C13H11Br3N2/c1-7-3-9(14)4-8(2)12(7)18-13-11(16)5-10(15)6-17-13/h3-6H,1-2H3,(H,17,18). The Morgan fingerprint density at radius 3 is 2.11 bits per heavy atom. The number of hydrogen-bond donors (Lipinski definition) is 1. The van der Waals surface area contributed by atoms with Crippen molar-refractivity contribution >= 4 is 59.3 Å². The summed E-state index contributed by atoms with van der Waals surface area (Å²) >= 11 is 10.4. The van der Waals surface area contributed by atoms with Gasteiger partial charge >= 0.3 is 0 Å². The summed E-state index contributed by atoms with van der Waals surface area (Å²) in [6.07, 6.45) is 1.77.